The van der Waals surface area contributed by atoms with Crippen molar-refractivity contribution >= 4 is 23.8 Å². The van der Waals surface area contributed by atoms with Crippen LogP contribution >= 0.6 is 0 Å². The predicted molar refractivity (Wildman–Crippen MR) is 114 cm³/mol. The molecule has 2 amide bonds. The Hall–Kier alpha value is -3.89. The Morgan fingerprint density at radius 2 is 1.85 bits per heavy atom. The van der Waals surface area contributed by atoms with Crippen molar-refractivity contribution in [1.82, 2.24) is 14.9 Å². The molecule has 0 radical (unpaired) electrons. The van der Waals surface area contributed by atoms with E-state index in [0.717, 1.165) is 12.8 Å². The summed E-state index contributed by atoms with van der Waals surface area (Å²) in [7, 11) is 0. The predicted octanol–water partition coefficient (Wildman–Crippen LogP) is 3.68. The van der Waals surface area contributed by atoms with Crippen LogP contribution in [0.15, 0.2) is 53.1 Å². The maximum Gasteiger partial charge on any atom is 0.452 e. The molecule has 3 aromatic rings. The van der Waals surface area contributed by atoms with E-state index in [0.29, 0.717) is 37.6 Å². The summed E-state index contributed by atoms with van der Waals surface area (Å²) in [6, 6.07) is 11.2. The van der Waals surface area contributed by atoms with Crippen LogP contribution in [0.4, 0.5) is 24.7 Å². The topological polar surface area (TPSA) is 91.6 Å². The smallest absolute Gasteiger partial charge is 0.431 e. The van der Waals surface area contributed by atoms with Gasteiger partial charge in [-0.1, -0.05) is 18.2 Å². The minimum absolute atomic E-state index is 0.213. The van der Waals surface area contributed by atoms with Crippen molar-refractivity contribution in [2.45, 2.75) is 12.6 Å². The molecule has 2 aromatic heterocycles. The summed E-state index contributed by atoms with van der Waals surface area (Å²) in [5.41, 5.74) is -0.323. The summed E-state index contributed by atoms with van der Waals surface area (Å²) in [5.74, 6) is -2.18. The summed E-state index contributed by atoms with van der Waals surface area (Å²) >= 11 is 0. The molecule has 1 aliphatic heterocycles. The number of anilines is 2. The van der Waals surface area contributed by atoms with Gasteiger partial charge in [-0.3, -0.25) is 9.59 Å². The second-order valence-corrected chi connectivity index (χ2v) is 7.40. The molecule has 11 heteroatoms. The second-order valence-electron chi connectivity index (χ2n) is 7.40. The lowest BCUT2D eigenvalue weighted by molar-refractivity contribution is -0.153. The number of rotatable bonds is 5. The fraction of sp³-hybridized carbons (Fsp3) is 0.273. The highest BCUT2D eigenvalue weighted by Gasteiger charge is 2.42. The third-order valence-electron chi connectivity index (χ3n) is 5.13. The Morgan fingerprint density at radius 3 is 2.52 bits per heavy atom. The van der Waals surface area contributed by atoms with E-state index in [4.69, 9.17) is 4.42 Å². The molecule has 1 fully saturated rings. The molecule has 1 aromatic carbocycles. The number of benzene rings is 1. The van der Waals surface area contributed by atoms with Crippen molar-refractivity contribution in [1.29, 1.82) is 0 Å². The van der Waals surface area contributed by atoms with Gasteiger partial charge >= 0.3 is 6.18 Å². The Balaban J connectivity index is 1.51. The molecule has 33 heavy (non-hydrogen) atoms. The number of aromatic nitrogens is 2. The first-order valence-electron chi connectivity index (χ1n) is 10.2. The van der Waals surface area contributed by atoms with Crippen LogP contribution < -0.4 is 10.2 Å². The zero-order valence-corrected chi connectivity index (χ0v) is 17.4. The third kappa shape index (κ3) is 5.13. The number of nitrogens with one attached hydrogen (secondary N) is 1. The van der Waals surface area contributed by atoms with Crippen molar-refractivity contribution in [2.24, 2.45) is 0 Å². The summed E-state index contributed by atoms with van der Waals surface area (Å²) in [6.45, 7) is 2.55. The fourth-order valence-electron chi connectivity index (χ4n) is 3.48. The van der Waals surface area contributed by atoms with Gasteiger partial charge in [0, 0.05) is 31.7 Å². The van der Waals surface area contributed by atoms with Crippen LogP contribution in [0.25, 0.3) is 11.5 Å². The highest BCUT2D eigenvalue weighted by Crippen LogP contribution is 2.35. The quantitative estimate of drug-likeness (QED) is 0.586. The maximum absolute atomic E-state index is 13.5. The number of oxazole rings is 1. The molecule has 1 saturated heterocycles. The van der Waals surface area contributed by atoms with Crippen LogP contribution in [0.1, 0.15) is 22.7 Å². The fourth-order valence-corrected chi connectivity index (χ4v) is 3.48. The molecular formula is C22H20F3N5O3. The molecule has 4 rings (SSSR count). The van der Waals surface area contributed by atoms with Gasteiger partial charge in [0.25, 0.3) is 5.91 Å². The van der Waals surface area contributed by atoms with Crippen molar-refractivity contribution in [3.63, 3.8) is 0 Å². The van der Waals surface area contributed by atoms with Crippen LogP contribution in [0, 0.1) is 0 Å². The number of carbonyl (C=O) groups is 2. The number of alkyl halides is 3. The highest BCUT2D eigenvalue weighted by atomic mass is 19.4. The Bertz CT molecular complexity index is 1120. The lowest BCUT2D eigenvalue weighted by Gasteiger charge is -2.21. The Labute approximate surface area is 187 Å². The van der Waals surface area contributed by atoms with Gasteiger partial charge < -0.3 is 19.5 Å². The number of hydrogen-bond acceptors (Lipinski definition) is 6. The molecule has 1 aliphatic rings. The minimum atomic E-state index is -4.89. The molecule has 0 saturated carbocycles. The van der Waals surface area contributed by atoms with Crippen LogP contribution in [-0.2, 0) is 11.0 Å². The standard InChI is InChI=1S/C22H20F3N5O3/c23-22(24,25)19-18(28-21(33-19)15-5-2-1-3-6-15)20(32)27-16-7-8-17(26-13-16)30-10-4-9-29(14-31)11-12-30/h1-3,5-8,13-14H,4,9-12H2,(H,27,32). The van der Waals surface area contributed by atoms with Crippen molar-refractivity contribution in [3.8, 4) is 11.5 Å². The molecule has 8 nitrogen and oxygen atoms in total. The first-order chi connectivity index (χ1) is 15.8. The molecule has 3 heterocycles. The summed E-state index contributed by atoms with van der Waals surface area (Å²) in [6.07, 6.45) is -1.93. The molecule has 0 bridgehead atoms. The van der Waals surface area contributed by atoms with Gasteiger partial charge in [0.15, 0.2) is 5.69 Å². The number of halogens is 3. The minimum Gasteiger partial charge on any atom is -0.431 e. The average Bonchev–Trinajstić information content (AvgIpc) is 3.14. The Kier molecular flexibility index (Phi) is 6.29. The number of carbonyl (C=O) groups excluding carboxylic acids is 2. The van der Waals surface area contributed by atoms with Crippen molar-refractivity contribution < 1.29 is 27.2 Å². The molecule has 0 spiro atoms. The third-order valence-corrected chi connectivity index (χ3v) is 5.13. The van der Waals surface area contributed by atoms with E-state index in [9.17, 15) is 22.8 Å². The van der Waals surface area contributed by atoms with E-state index in [2.05, 4.69) is 15.3 Å². The van der Waals surface area contributed by atoms with Gasteiger partial charge in [0.2, 0.25) is 18.1 Å². The number of amides is 2. The first kappa shape index (κ1) is 22.3. The molecule has 0 unspecified atom stereocenters. The van der Waals surface area contributed by atoms with Crippen LogP contribution in [-0.4, -0.2) is 53.4 Å². The monoisotopic (exact) mass is 459 g/mol. The molecule has 1 N–H and O–H groups in total. The number of pyridine rings is 1. The molecule has 0 atom stereocenters. The van der Waals surface area contributed by atoms with Crippen molar-refractivity contribution in [3.05, 3.63) is 60.1 Å². The van der Waals surface area contributed by atoms with Crippen LogP contribution in [0.3, 0.4) is 0 Å². The number of hydrogen-bond donors (Lipinski definition) is 1. The van der Waals surface area contributed by atoms with Gasteiger partial charge in [-0.05, 0) is 30.7 Å². The maximum atomic E-state index is 13.5. The zero-order chi connectivity index (χ0) is 23.4. The van der Waals surface area contributed by atoms with E-state index in [1.165, 1.54) is 18.3 Å². The lowest BCUT2D eigenvalue weighted by atomic mass is 10.2. The van der Waals surface area contributed by atoms with Crippen LogP contribution in [0.5, 0.6) is 0 Å². The highest BCUT2D eigenvalue weighted by molar-refractivity contribution is 6.04. The van der Waals surface area contributed by atoms with Gasteiger partial charge in [0.1, 0.15) is 5.82 Å². The van der Waals surface area contributed by atoms with Crippen molar-refractivity contribution in [2.75, 3.05) is 36.4 Å². The van der Waals surface area contributed by atoms with E-state index < -0.39 is 23.5 Å². The van der Waals surface area contributed by atoms with E-state index in [-0.39, 0.29) is 11.6 Å². The second kappa shape index (κ2) is 9.31. The molecular weight excluding hydrogens is 439 g/mol. The zero-order valence-electron chi connectivity index (χ0n) is 17.4. The van der Waals surface area contributed by atoms with Gasteiger partial charge in [-0.15, -0.1) is 0 Å². The summed E-state index contributed by atoms with van der Waals surface area (Å²) in [5, 5.41) is 2.40. The Morgan fingerprint density at radius 1 is 1.06 bits per heavy atom. The van der Waals surface area contributed by atoms with Gasteiger partial charge in [0.05, 0.1) is 11.9 Å². The summed E-state index contributed by atoms with van der Waals surface area (Å²) in [4.78, 5) is 35.4. The summed E-state index contributed by atoms with van der Waals surface area (Å²) < 4.78 is 45.3. The van der Waals surface area contributed by atoms with Gasteiger partial charge in [-0.2, -0.15) is 13.2 Å². The van der Waals surface area contributed by atoms with E-state index in [1.807, 2.05) is 4.90 Å². The molecule has 172 valence electrons. The number of nitrogens with zero attached hydrogens (tertiary/aromatic N) is 4. The van der Waals surface area contributed by atoms with Gasteiger partial charge in [-0.25, -0.2) is 9.97 Å². The SMILES string of the molecule is O=CN1CCCN(c2ccc(NC(=O)c3nc(-c4ccccc4)oc3C(F)(F)F)cn2)CC1. The largest absolute Gasteiger partial charge is 0.452 e. The van der Waals surface area contributed by atoms with E-state index >= 15 is 0 Å². The first-order valence-corrected chi connectivity index (χ1v) is 10.2. The van der Waals surface area contributed by atoms with E-state index in [1.54, 1.807) is 35.2 Å². The normalized spacial score (nSPS) is 14.6. The average molecular weight is 459 g/mol. The lowest BCUT2D eigenvalue weighted by Crippen LogP contribution is -2.30. The van der Waals surface area contributed by atoms with Crippen LogP contribution in [0.2, 0.25) is 0 Å². The molecule has 0 aliphatic carbocycles.